The number of hydrogen-bond donors (Lipinski definition) is 1. The lowest BCUT2D eigenvalue weighted by Crippen LogP contribution is -1.97. The Balaban J connectivity index is 1.96. The van der Waals surface area contributed by atoms with Crippen LogP contribution >= 0.6 is 0 Å². The number of nitrogens with zero attached hydrogens (tertiary/aromatic N) is 2. The zero-order chi connectivity index (χ0) is 10.5. The number of nitrogen functional groups attached to an aromatic ring is 1. The van der Waals surface area contributed by atoms with Gasteiger partial charge in [0.25, 0.3) is 0 Å². The number of aromatic nitrogens is 2. The van der Waals surface area contributed by atoms with E-state index in [2.05, 4.69) is 9.97 Å². The summed E-state index contributed by atoms with van der Waals surface area (Å²) in [6.07, 6.45) is 5.35. The first-order valence-electron chi connectivity index (χ1n) is 4.95. The normalized spacial score (nSPS) is 10.1. The van der Waals surface area contributed by atoms with Crippen molar-refractivity contribution in [3.05, 3.63) is 54.1 Å². The van der Waals surface area contributed by atoms with E-state index >= 15 is 0 Å². The van der Waals surface area contributed by atoms with E-state index in [0.717, 1.165) is 24.4 Å². The van der Waals surface area contributed by atoms with Crippen molar-refractivity contribution >= 4 is 5.69 Å². The molecule has 2 N–H and O–H groups in total. The molecule has 2 aromatic rings. The van der Waals surface area contributed by atoms with Gasteiger partial charge in [-0.15, -0.1) is 0 Å². The topological polar surface area (TPSA) is 51.8 Å². The van der Waals surface area contributed by atoms with Crippen LogP contribution in [0.1, 0.15) is 11.4 Å². The number of benzene rings is 1. The third kappa shape index (κ3) is 2.77. The molecule has 3 nitrogen and oxygen atoms in total. The van der Waals surface area contributed by atoms with Gasteiger partial charge in [-0.1, -0.05) is 12.1 Å². The molecule has 2 rings (SSSR count). The molecule has 0 saturated heterocycles. The van der Waals surface area contributed by atoms with Crippen molar-refractivity contribution in [3.63, 3.8) is 0 Å². The molecule has 0 amide bonds. The molecule has 3 heteroatoms. The first-order valence-corrected chi connectivity index (χ1v) is 4.95. The lowest BCUT2D eigenvalue weighted by atomic mass is 10.1. The fraction of sp³-hybridized carbons (Fsp3) is 0.167. The van der Waals surface area contributed by atoms with E-state index in [1.807, 2.05) is 30.3 Å². The van der Waals surface area contributed by atoms with E-state index in [-0.39, 0.29) is 0 Å². The summed E-state index contributed by atoms with van der Waals surface area (Å²) in [5, 5.41) is 0. The van der Waals surface area contributed by atoms with Gasteiger partial charge in [0.2, 0.25) is 0 Å². The summed E-state index contributed by atoms with van der Waals surface area (Å²) in [6.45, 7) is 0. The van der Waals surface area contributed by atoms with Crippen molar-refractivity contribution in [1.29, 1.82) is 0 Å². The van der Waals surface area contributed by atoms with Crippen LogP contribution in [0.4, 0.5) is 5.69 Å². The van der Waals surface area contributed by atoms with E-state index in [4.69, 9.17) is 5.73 Å². The molecule has 0 aliphatic heterocycles. The van der Waals surface area contributed by atoms with Crippen LogP contribution in [0.25, 0.3) is 0 Å². The molecule has 0 aliphatic rings. The van der Waals surface area contributed by atoms with Crippen LogP contribution in [0.2, 0.25) is 0 Å². The van der Waals surface area contributed by atoms with Gasteiger partial charge in [-0.25, -0.2) is 9.97 Å². The molecule has 0 spiro atoms. The van der Waals surface area contributed by atoms with E-state index < -0.39 is 0 Å². The van der Waals surface area contributed by atoms with E-state index in [1.54, 1.807) is 12.4 Å². The minimum atomic E-state index is 0.801. The molecule has 0 aliphatic carbocycles. The van der Waals surface area contributed by atoms with Gasteiger partial charge < -0.3 is 5.73 Å². The molecular weight excluding hydrogens is 186 g/mol. The molecule has 1 aromatic heterocycles. The lowest BCUT2D eigenvalue weighted by Gasteiger charge is -2.00. The molecule has 15 heavy (non-hydrogen) atoms. The Morgan fingerprint density at radius 1 is 0.933 bits per heavy atom. The zero-order valence-corrected chi connectivity index (χ0v) is 8.43. The Labute approximate surface area is 89.0 Å². The Bertz CT molecular complexity index is 409. The van der Waals surface area contributed by atoms with Gasteiger partial charge in [-0.05, 0) is 30.2 Å². The summed E-state index contributed by atoms with van der Waals surface area (Å²) in [4.78, 5) is 8.35. The van der Waals surface area contributed by atoms with Crippen LogP contribution in [0, 0.1) is 0 Å². The van der Waals surface area contributed by atoms with Gasteiger partial charge >= 0.3 is 0 Å². The second-order valence-electron chi connectivity index (χ2n) is 3.41. The highest BCUT2D eigenvalue weighted by atomic mass is 14.8. The molecule has 0 atom stereocenters. The molecule has 76 valence electrons. The SMILES string of the molecule is Nc1ccc(CCc2ncccn2)cc1. The minimum absolute atomic E-state index is 0.801. The van der Waals surface area contributed by atoms with Crippen LogP contribution in [0.15, 0.2) is 42.7 Å². The minimum Gasteiger partial charge on any atom is -0.399 e. The third-order valence-corrected chi connectivity index (χ3v) is 2.24. The largest absolute Gasteiger partial charge is 0.399 e. The molecule has 0 bridgehead atoms. The fourth-order valence-electron chi connectivity index (χ4n) is 1.40. The average molecular weight is 199 g/mol. The fourth-order valence-corrected chi connectivity index (χ4v) is 1.40. The summed E-state index contributed by atoms with van der Waals surface area (Å²) >= 11 is 0. The van der Waals surface area contributed by atoms with Gasteiger partial charge in [0.1, 0.15) is 5.82 Å². The average Bonchev–Trinajstić information content (AvgIpc) is 2.30. The second-order valence-corrected chi connectivity index (χ2v) is 3.41. The summed E-state index contributed by atoms with van der Waals surface area (Å²) in [6, 6.07) is 9.74. The van der Waals surface area contributed by atoms with Crippen molar-refractivity contribution in [2.45, 2.75) is 12.8 Å². The summed E-state index contributed by atoms with van der Waals surface area (Å²) in [5.74, 6) is 0.884. The monoisotopic (exact) mass is 199 g/mol. The first-order chi connectivity index (χ1) is 7.34. The molecule has 0 saturated carbocycles. The van der Waals surface area contributed by atoms with Crippen LogP contribution in [0.5, 0.6) is 0 Å². The van der Waals surface area contributed by atoms with Gasteiger partial charge in [0.05, 0.1) is 0 Å². The first kappa shape index (κ1) is 9.65. The number of anilines is 1. The maximum atomic E-state index is 5.61. The Hall–Kier alpha value is -1.90. The number of rotatable bonds is 3. The predicted octanol–water partition coefficient (Wildman–Crippen LogP) is 1.84. The second kappa shape index (κ2) is 4.55. The van der Waals surface area contributed by atoms with Crippen LogP contribution in [0.3, 0.4) is 0 Å². The van der Waals surface area contributed by atoms with E-state index in [1.165, 1.54) is 5.56 Å². The highest BCUT2D eigenvalue weighted by Crippen LogP contribution is 2.07. The summed E-state index contributed by atoms with van der Waals surface area (Å²) < 4.78 is 0. The summed E-state index contributed by atoms with van der Waals surface area (Å²) in [5.41, 5.74) is 7.67. The molecule has 1 heterocycles. The van der Waals surface area contributed by atoms with Crippen molar-refractivity contribution in [1.82, 2.24) is 9.97 Å². The van der Waals surface area contributed by atoms with Crippen molar-refractivity contribution < 1.29 is 0 Å². The Morgan fingerprint density at radius 2 is 1.60 bits per heavy atom. The quantitative estimate of drug-likeness (QED) is 0.767. The van der Waals surface area contributed by atoms with Crippen molar-refractivity contribution in [3.8, 4) is 0 Å². The van der Waals surface area contributed by atoms with Crippen molar-refractivity contribution in [2.75, 3.05) is 5.73 Å². The van der Waals surface area contributed by atoms with Gasteiger partial charge in [0, 0.05) is 24.5 Å². The number of nitrogens with two attached hydrogens (primary N) is 1. The highest BCUT2D eigenvalue weighted by molar-refractivity contribution is 5.39. The van der Waals surface area contributed by atoms with Crippen LogP contribution in [-0.4, -0.2) is 9.97 Å². The van der Waals surface area contributed by atoms with Gasteiger partial charge in [-0.3, -0.25) is 0 Å². The van der Waals surface area contributed by atoms with Crippen LogP contribution in [-0.2, 0) is 12.8 Å². The third-order valence-electron chi connectivity index (χ3n) is 2.24. The van der Waals surface area contributed by atoms with Gasteiger partial charge in [0.15, 0.2) is 0 Å². The lowest BCUT2D eigenvalue weighted by molar-refractivity contribution is 0.858. The smallest absolute Gasteiger partial charge is 0.128 e. The Morgan fingerprint density at radius 3 is 2.27 bits per heavy atom. The molecule has 0 radical (unpaired) electrons. The highest BCUT2D eigenvalue weighted by Gasteiger charge is 1.96. The number of aryl methyl sites for hydroxylation is 2. The Kier molecular flexibility index (Phi) is 2.93. The van der Waals surface area contributed by atoms with Crippen LogP contribution < -0.4 is 5.73 Å². The summed E-state index contributed by atoms with van der Waals surface area (Å²) in [7, 11) is 0. The van der Waals surface area contributed by atoms with Crippen molar-refractivity contribution in [2.24, 2.45) is 0 Å². The maximum absolute atomic E-state index is 5.61. The van der Waals surface area contributed by atoms with Gasteiger partial charge in [-0.2, -0.15) is 0 Å². The molecule has 0 fully saturated rings. The maximum Gasteiger partial charge on any atom is 0.128 e. The predicted molar refractivity (Wildman–Crippen MR) is 60.3 cm³/mol. The number of hydrogen-bond acceptors (Lipinski definition) is 3. The molecule has 1 aromatic carbocycles. The standard InChI is InChI=1S/C12H13N3/c13-11-5-2-10(3-6-11)4-7-12-14-8-1-9-15-12/h1-3,5-6,8-9H,4,7,13H2. The molecular formula is C12H13N3. The molecule has 0 unspecified atom stereocenters. The zero-order valence-electron chi connectivity index (χ0n) is 8.43. The van der Waals surface area contributed by atoms with E-state index in [9.17, 15) is 0 Å². The van der Waals surface area contributed by atoms with E-state index in [0.29, 0.717) is 0 Å².